The van der Waals surface area contributed by atoms with Crippen LogP contribution in [0.1, 0.15) is 31.4 Å². The number of benzene rings is 3. The Labute approximate surface area is 236 Å². The first-order chi connectivity index (χ1) is 19.1. The topological polar surface area (TPSA) is 105 Å². The van der Waals surface area contributed by atoms with Gasteiger partial charge in [-0.1, -0.05) is 36.8 Å². The number of likely N-dealkylation sites (N-methyl/N-ethyl adjacent to an activating group) is 1. The number of anilines is 1. The molecular weight excluding hydrogens is 530 g/mol. The molecule has 1 atom stereocenters. The Bertz CT molecular complexity index is 1390. The van der Waals surface area contributed by atoms with Crippen molar-refractivity contribution in [2.24, 2.45) is 0 Å². The molecule has 0 aliphatic rings. The second kappa shape index (κ2) is 13.8. The van der Waals surface area contributed by atoms with Gasteiger partial charge in [-0.05, 0) is 74.4 Å². The van der Waals surface area contributed by atoms with Crippen LogP contribution in [0.2, 0.25) is 0 Å². The first kappa shape index (κ1) is 30.5. The Balaban J connectivity index is 2.06. The highest BCUT2D eigenvalue weighted by Gasteiger charge is 2.33. The average Bonchev–Trinajstić information content (AvgIpc) is 2.96. The second-order valence-electron chi connectivity index (χ2n) is 9.16. The highest BCUT2D eigenvalue weighted by atomic mass is 32.2. The van der Waals surface area contributed by atoms with E-state index in [9.17, 15) is 18.0 Å². The number of nitrogens with one attached hydrogen (secondary N) is 1. The van der Waals surface area contributed by atoms with Crippen molar-refractivity contribution in [3.05, 3.63) is 83.9 Å². The zero-order chi connectivity index (χ0) is 29.3. The Hall–Kier alpha value is -4.05. The van der Waals surface area contributed by atoms with Crippen molar-refractivity contribution in [1.29, 1.82) is 0 Å². The molecule has 9 nitrogen and oxygen atoms in total. The molecule has 0 aliphatic heterocycles. The maximum Gasteiger partial charge on any atom is 0.264 e. The number of carbonyl (C=O) groups excluding carboxylic acids is 2. The predicted molar refractivity (Wildman–Crippen MR) is 155 cm³/mol. The number of amides is 2. The predicted octanol–water partition coefficient (Wildman–Crippen LogP) is 4.15. The van der Waals surface area contributed by atoms with Crippen LogP contribution in [0, 0.1) is 6.92 Å². The highest BCUT2D eigenvalue weighted by Crippen LogP contribution is 2.27. The van der Waals surface area contributed by atoms with Gasteiger partial charge in [-0.15, -0.1) is 0 Å². The molecule has 0 fully saturated rings. The summed E-state index contributed by atoms with van der Waals surface area (Å²) < 4.78 is 39.7. The number of nitrogens with zero attached hydrogens (tertiary/aromatic N) is 2. The van der Waals surface area contributed by atoms with Crippen molar-refractivity contribution in [2.75, 3.05) is 31.6 Å². The van der Waals surface area contributed by atoms with Crippen LogP contribution in [0.4, 0.5) is 5.69 Å². The maximum atomic E-state index is 14.0. The minimum absolute atomic E-state index is 0.0532. The minimum atomic E-state index is -4.14. The maximum absolute atomic E-state index is 14.0. The van der Waals surface area contributed by atoms with Crippen LogP contribution in [0.5, 0.6) is 11.5 Å². The standard InChI is InChI=1S/C30H37N3O6S/c1-6-28(30(35)31-4)32(20-23-9-8-10-26(19-23)38-5)29(34)21-33(24-13-15-25(16-14-24)39-7-2)40(36,37)27-17-11-22(3)12-18-27/h8-19,28H,6-7,20-21H2,1-5H3,(H,31,35)/t28-/m0/s1. The van der Waals surface area contributed by atoms with Crippen LogP contribution in [-0.4, -0.2) is 58.5 Å². The Morgan fingerprint density at radius 1 is 0.950 bits per heavy atom. The molecule has 3 rings (SSSR count). The van der Waals surface area contributed by atoms with Crippen molar-refractivity contribution in [2.45, 2.75) is 44.7 Å². The van der Waals surface area contributed by atoms with Crippen LogP contribution in [0.15, 0.2) is 77.7 Å². The van der Waals surface area contributed by atoms with E-state index >= 15 is 0 Å². The van der Waals surface area contributed by atoms with Gasteiger partial charge in [0, 0.05) is 13.6 Å². The van der Waals surface area contributed by atoms with Gasteiger partial charge in [-0.25, -0.2) is 8.42 Å². The zero-order valence-electron chi connectivity index (χ0n) is 23.6. The lowest BCUT2D eigenvalue weighted by molar-refractivity contribution is -0.140. The lowest BCUT2D eigenvalue weighted by atomic mass is 10.1. The Morgan fingerprint density at radius 3 is 2.20 bits per heavy atom. The van der Waals surface area contributed by atoms with E-state index in [2.05, 4.69) is 5.32 Å². The smallest absolute Gasteiger partial charge is 0.264 e. The van der Waals surface area contributed by atoms with Crippen LogP contribution < -0.4 is 19.1 Å². The molecule has 2 amide bonds. The third-order valence-electron chi connectivity index (χ3n) is 6.44. The molecule has 0 saturated heterocycles. The number of hydrogen-bond acceptors (Lipinski definition) is 6. The van der Waals surface area contributed by atoms with Crippen LogP contribution in [0.3, 0.4) is 0 Å². The fourth-order valence-corrected chi connectivity index (χ4v) is 5.71. The summed E-state index contributed by atoms with van der Waals surface area (Å²) in [6.07, 6.45) is 0.336. The van der Waals surface area contributed by atoms with E-state index in [1.807, 2.05) is 19.9 Å². The molecule has 0 aromatic heterocycles. The number of methoxy groups -OCH3 is 1. The molecule has 0 bridgehead atoms. The normalized spacial score (nSPS) is 11.8. The molecule has 3 aromatic rings. The van der Waals surface area contributed by atoms with Crippen molar-refractivity contribution in [1.82, 2.24) is 10.2 Å². The summed E-state index contributed by atoms with van der Waals surface area (Å²) >= 11 is 0. The largest absolute Gasteiger partial charge is 0.497 e. The highest BCUT2D eigenvalue weighted by molar-refractivity contribution is 7.92. The van der Waals surface area contributed by atoms with Gasteiger partial charge in [0.05, 0.1) is 24.3 Å². The number of aryl methyl sites for hydroxylation is 1. The van der Waals surface area contributed by atoms with Crippen LogP contribution >= 0.6 is 0 Å². The van der Waals surface area contributed by atoms with E-state index in [0.717, 1.165) is 15.4 Å². The second-order valence-corrected chi connectivity index (χ2v) is 11.0. The number of hydrogen-bond donors (Lipinski definition) is 1. The molecule has 0 aliphatic carbocycles. The summed E-state index contributed by atoms with van der Waals surface area (Å²) in [6, 6.07) is 19.4. The van der Waals surface area contributed by atoms with Gasteiger partial charge in [0.15, 0.2) is 0 Å². The summed E-state index contributed by atoms with van der Waals surface area (Å²) in [5.74, 6) is 0.321. The summed E-state index contributed by atoms with van der Waals surface area (Å²) in [6.45, 7) is 5.56. The number of sulfonamides is 1. The summed E-state index contributed by atoms with van der Waals surface area (Å²) in [7, 11) is -1.09. The van der Waals surface area contributed by atoms with Crippen molar-refractivity contribution in [3.63, 3.8) is 0 Å². The fourth-order valence-electron chi connectivity index (χ4n) is 4.30. The third-order valence-corrected chi connectivity index (χ3v) is 8.23. The van der Waals surface area contributed by atoms with Crippen LogP contribution in [-0.2, 0) is 26.2 Å². The van der Waals surface area contributed by atoms with Gasteiger partial charge >= 0.3 is 0 Å². The van der Waals surface area contributed by atoms with Gasteiger partial charge in [-0.3, -0.25) is 13.9 Å². The van der Waals surface area contributed by atoms with Crippen molar-refractivity contribution < 1.29 is 27.5 Å². The van der Waals surface area contributed by atoms with Crippen molar-refractivity contribution >= 4 is 27.5 Å². The van der Waals surface area contributed by atoms with Gasteiger partial charge in [0.1, 0.15) is 24.1 Å². The first-order valence-corrected chi connectivity index (χ1v) is 14.5. The quantitative estimate of drug-likeness (QED) is 0.333. The lowest BCUT2D eigenvalue weighted by Crippen LogP contribution is -2.51. The summed E-state index contributed by atoms with van der Waals surface area (Å²) in [5, 5.41) is 2.62. The molecule has 0 saturated carbocycles. The van der Waals surface area contributed by atoms with E-state index in [1.54, 1.807) is 68.6 Å². The van der Waals surface area contributed by atoms with Gasteiger partial charge < -0.3 is 19.7 Å². The summed E-state index contributed by atoms with van der Waals surface area (Å²) in [4.78, 5) is 28.3. The van der Waals surface area contributed by atoms with Crippen molar-refractivity contribution in [3.8, 4) is 11.5 Å². The molecule has 1 N–H and O–H groups in total. The molecule has 0 unspecified atom stereocenters. The molecule has 40 heavy (non-hydrogen) atoms. The molecule has 10 heteroatoms. The van der Waals surface area contributed by atoms with Gasteiger partial charge in [0.25, 0.3) is 10.0 Å². The van der Waals surface area contributed by atoms with E-state index in [4.69, 9.17) is 9.47 Å². The monoisotopic (exact) mass is 567 g/mol. The molecular formula is C30H37N3O6S. The van der Waals surface area contributed by atoms with E-state index in [1.165, 1.54) is 24.1 Å². The molecule has 0 heterocycles. The van der Waals surface area contributed by atoms with E-state index in [0.29, 0.717) is 30.2 Å². The molecule has 3 aromatic carbocycles. The van der Waals surface area contributed by atoms with E-state index in [-0.39, 0.29) is 17.3 Å². The Kier molecular flexibility index (Phi) is 10.6. The number of rotatable bonds is 13. The first-order valence-electron chi connectivity index (χ1n) is 13.1. The number of ether oxygens (including phenoxy) is 2. The molecule has 214 valence electrons. The van der Waals surface area contributed by atoms with Crippen LogP contribution in [0.25, 0.3) is 0 Å². The van der Waals surface area contributed by atoms with Gasteiger partial charge in [-0.2, -0.15) is 0 Å². The molecule has 0 radical (unpaired) electrons. The average molecular weight is 568 g/mol. The Morgan fingerprint density at radius 2 is 1.62 bits per heavy atom. The minimum Gasteiger partial charge on any atom is -0.497 e. The molecule has 0 spiro atoms. The van der Waals surface area contributed by atoms with E-state index < -0.39 is 28.5 Å². The third kappa shape index (κ3) is 7.32. The lowest BCUT2D eigenvalue weighted by Gasteiger charge is -2.33. The number of carbonyl (C=O) groups is 2. The zero-order valence-corrected chi connectivity index (χ0v) is 24.4. The summed E-state index contributed by atoms with van der Waals surface area (Å²) in [5.41, 5.74) is 1.94. The SMILES string of the molecule is CCOc1ccc(N(CC(=O)N(Cc2cccc(OC)c2)[C@@H](CC)C(=O)NC)S(=O)(=O)c2ccc(C)cc2)cc1. The fraction of sp³-hybridized carbons (Fsp3) is 0.333. The van der Waals surface area contributed by atoms with Gasteiger partial charge in [0.2, 0.25) is 11.8 Å².